The van der Waals surface area contributed by atoms with Crippen molar-refractivity contribution in [1.82, 2.24) is 9.55 Å². The molecule has 3 aromatic carbocycles. The predicted octanol–water partition coefficient (Wildman–Crippen LogP) is 5.56. The van der Waals surface area contributed by atoms with Crippen molar-refractivity contribution in [2.45, 2.75) is 19.3 Å². The van der Waals surface area contributed by atoms with Gasteiger partial charge in [0.15, 0.2) is 0 Å². The van der Waals surface area contributed by atoms with Crippen LogP contribution in [0.5, 0.6) is 0 Å². The largest absolute Gasteiger partial charge is 0.456 e. The molecule has 0 fully saturated rings. The zero-order valence-electron chi connectivity index (χ0n) is 14.1. The number of benzene rings is 3. The zero-order chi connectivity index (χ0) is 16.8. The number of furan rings is 1. The van der Waals surface area contributed by atoms with Crippen LogP contribution in [0.15, 0.2) is 65.3 Å². The molecule has 0 N–H and O–H groups in total. The maximum atomic E-state index is 6.34. The van der Waals surface area contributed by atoms with Crippen LogP contribution in [-0.2, 0) is 5.41 Å². The van der Waals surface area contributed by atoms with Gasteiger partial charge in [0.2, 0.25) is 0 Å². The van der Waals surface area contributed by atoms with Crippen LogP contribution in [0.25, 0.3) is 38.7 Å². The smallest absolute Gasteiger partial charge is 0.141 e. The minimum absolute atomic E-state index is 0.155. The molecule has 0 atom stereocenters. The highest BCUT2D eigenvalue weighted by molar-refractivity contribution is 6.07. The third-order valence-corrected chi connectivity index (χ3v) is 5.65. The lowest BCUT2D eigenvalue weighted by Gasteiger charge is -2.33. The van der Waals surface area contributed by atoms with Gasteiger partial charge in [0.25, 0.3) is 0 Å². The molecule has 0 amide bonds. The van der Waals surface area contributed by atoms with Crippen molar-refractivity contribution < 1.29 is 4.42 Å². The molecule has 120 valence electrons. The molecule has 0 saturated carbocycles. The first-order valence-corrected chi connectivity index (χ1v) is 8.58. The van der Waals surface area contributed by atoms with E-state index < -0.39 is 0 Å². The number of imidazole rings is 1. The molecule has 3 heterocycles. The first kappa shape index (κ1) is 13.2. The maximum absolute atomic E-state index is 6.34. The van der Waals surface area contributed by atoms with Gasteiger partial charge in [-0.25, -0.2) is 4.98 Å². The van der Waals surface area contributed by atoms with E-state index in [2.05, 4.69) is 65.9 Å². The van der Waals surface area contributed by atoms with Crippen LogP contribution in [0.2, 0.25) is 0 Å². The van der Waals surface area contributed by atoms with Crippen LogP contribution in [0.3, 0.4) is 0 Å². The van der Waals surface area contributed by atoms with E-state index in [9.17, 15) is 0 Å². The molecule has 1 aliphatic heterocycles. The Morgan fingerprint density at radius 3 is 2.72 bits per heavy atom. The molecule has 6 rings (SSSR count). The van der Waals surface area contributed by atoms with E-state index in [1.807, 2.05) is 18.5 Å². The number of nitrogens with zero attached hydrogens (tertiary/aromatic N) is 2. The summed E-state index contributed by atoms with van der Waals surface area (Å²) in [7, 11) is 0. The lowest BCUT2D eigenvalue weighted by atomic mass is 9.74. The van der Waals surface area contributed by atoms with E-state index in [1.165, 1.54) is 27.4 Å². The molecular formula is C22H16N2O. The van der Waals surface area contributed by atoms with Gasteiger partial charge in [0, 0.05) is 21.8 Å². The third kappa shape index (κ3) is 1.45. The van der Waals surface area contributed by atoms with Crippen molar-refractivity contribution >= 4 is 33.0 Å². The van der Waals surface area contributed by atoms with Gasteiger partial charge in [0.1, 0.15) is 17.5 Å². The van der Waals surface area contributed by atoms with Gasteiger partial charge < -0.3 is 4.42 Å². The Labute approximate surface area is 144 Å². The molecular weight excluding hydrogens is 308 g/mol. The summed E-state index contributed by atoms with van der Waals surface area (Å²) in [4.78, 5) is 4.61. The zero-order valence-corrected chi connectivity index (χ0v) is 14.1. The van der Waals surface area contributed by atoms with Crippen molar-refractivity contribution in [2.75, 3.05) is 0 Å². The van der Waals surface area contributed by atoms with Crippen LogP contribution in [0.1, 0.15) is 25.0 Å². The molecule has 0 bridgehead atoms. The first-order valence-electron chi connectivity index (χ1n) is 8.58. The van der Waals surface area contributed by atoms with E-state index in [4.69, 9.17) is 4.42 Å². The van der Waals surface area contributed by atoms with Crippen LogP contribution in [0.4, 0.5) is 0 Å². The molecule has 0 unspecified atom stereocenters. The summed E-state index contributed by atoms with van der Waals surface area (Å²) in [5.74, 6) is 0. The summed E-state index contributed by atoms with van der Waals surface area (Å²) < 4.78 is 8.55. The van der Waals surface area contributed by atoms with Crippen LogP contribution in [0, 0.1) is 0 Å². The van der Waals surface area contributed by atoms with Gasteiger partial charge in [-0.05, 0) is 29.8 Å². The fourth-order valence-electron chi connectivity index (χ4n) is 4.47. The van der Waals surface area contributed by atoms with Gasteiger partial charge in [0.05, 0.1) is 16.7 Å². The van der Waals surface area contributed by atoms with E-state index in [0.29, 0.717) is 0 Å². The summed E-state index contributed by atoms with van der Waals surface area (Å²) in [5, 5.41) is 2.35. The van der Waals surface area contributed by atoms with Gasteiger partial charge in [-0.3, -0.25) is 4.57 Å². The number of hydrogen-bond donors (Lipinski definition) is 0. The minimum atomic E-state index is -0.155. The lowest BCUT2D eigenvalue weighted by Crippen LogP contribution is -2.26. The summed E-state index contributed by atoms with van der Waals surface area (Å²) in [6, 6.07) is 19.0. The Hall–Kier alpha value is -3.07. The fourth-order valence-corrected chi connectivity index (χ4v) is 4.47. The second kappa shape index (κ2) is 4.12. The van der Waals surface area contributed by atoms with Gasteiger partial charge in [-0.1, -0.05) is 44.2 Å². The first-order chi connectivity index (χ1) is 12.2. The Kier molecular flexibility index (Phi) is 2.18. The fraction of sp³-hybridized carbons (Fsp3) is 0.136. The van der Waals surface area contributed by atoms with Gasteiger partial charge in [-0.2, -0.15) is 0 Å². The molecule has 0 saturated heterocycles. The Morgan fingerprint density at radius 2 is 1.80 bits per heavy atom. The molecule has 3 nitrogen and oxygen atoms in total. The summed E-state index contributed by atoms with van der Waals surface area (Å²) in [6.45, 7) is 4.56. The topological polar surface area (TPSA) is 31.0 Å². The lowest BCUT2D eigenvalue weighted by molar-refractivity contribution is 0.599. The summed E-state index contributed by atoms with van der Waals surface area (Å²) >= 11 is 0. The van der Waals surface area contributed by atoms with Crippen molar-refractivity contribution in [2.24, 2.45) is 0 Å². The van der Waals surface area contributed by atoms with Gasteiger partial charge in [-0.15, -0.1) is 0 Å². The number of para-hydroxylation sites is 2. The van der Waals surface area contributed by atoms with Crippen LogP contribution >= 0.6 is 0 Å². The molecule has 0 aliphatic carbocycles. The van der Waals surface area contributed by atoms with E-state index in [1.54, 1.807) is 0 Å². The average Bonchev–Trinajstić information content (AvgIpc) is 3.21. The molecule has 3 heteroatoms. The average molecular weight is 324 g/mol. The SMILES string of the molecule is CC1(C)c2c(ccc3c2oc2ccccc23)-n2cnc3cccc1c32. The van der Waals surface area contributed by atoms with Crippen LogP contribution in [-0.4, -0.2) is 9.55 Å². The second-order valence-corrected chi connectivity index (χ2v) is 7.35. The van der Waals surface area contributed by atoms with Gasteiger partial charge >= 0.3 is 0 Å². The number of fused-ring (bicyclic) bond motifs is 6. The molecule has 0 spiro atoms. The maximum Gasteiger partial charge on any atom is 0.141 e. The second-order valence-electron chi connectivity index (χ2n) is 7.35. The number of aromatic nitrogens is 2. The Balaban J connectivity index is 1.87. The highest BCUT2D eigenvalue weighted by atomic mass is 16.3. The molecule has 25 heavy (non-hydrogen) atoms. The van der Waals surface area contributed by atoms with E-state index >= 15 is 0 Å². The Morgan fingerprint density at radius 1 is 0.920 bits per heavy atom. The quantitative estimate of drug-likeness (QED) is 0.373. The van der Waals surface area contributed by atoms with E-state index in [0.717, 1.165) is 22.4 Å². The van der Waals surface area contributed by atoms with E-state index in [-0.39, 0.29) is 5.41 Å². The van der Waals surface area contributed by atoms with Crippen molar-refractivity contribution in [1.29, 1.82) is 0 Å². The molecule has 5 aromatic rings. The Bertz CT molecular complexity index is 1320. The van der Waals surface area contributed by atoms with Crippen molar-refractivity contribution in [3.05, 3.63) is 72.1 Å². The summed E-state index contributed by atoms with van der Waals surface area (Å²) in [5.41, 5.74) is 7.71. The highest BCUT2D eigenvalue weighted by Gasteiger charge is 2.37. The van der Waals surface area contributed by atoms with Crippen LogP contribution < -0.4 is 0 Å². The number of hydrogen-bond acceptors (Lipinski definition) is 2. The predicted molar refractivity (Wildman–Crippen MR) is 100 cm³/mol. The number of rotatable bonds is 0. The third-order valence-electron chi connectivity index (χ3n) is 5.65. The molecule has 0 radical (unpaired) electrons. The standard InChI is InChI=1S/C22H16N2O/c1-22(2)15-7-5-8-16-20(15)24(12-23-16)17-11-10-14-13-6-3-4-9-18(13)25-21(14)19(17)22/h3-12H,1-2H3. The highest BCUT2D eigenvalue weighted by Crippen LogP contribution is 2.48. The normalized spacial score (nSPS) is 15.1. The van der Waals surface area contributed by atoms with Crippen molar-refractivity contribution in [3.63, 3.8) is 0 Å². The molecule has 1 aliphatic rings. The summed E-state index contributed by atoms with van der Waals surface area (Å²) in [6.07, 6.45) is 1.93. The minimum Gasteiger partial charge on any atom is -0.456 e. The monoisotopic (exact) mass is 324 g/mol. The molecule has 2 aromatic heterocycles. The van der Waals surface area contributed by atoms with Crippen molar-refractivity contribution in [3.8, 4) is 5.69 Å².